The molecule has 0 aromatic heterocycles. The van der Waals surface area contributed by atoms with Crippen molar-refractivity contribution in [3.63, 3.8) is 0 Å². The molecule has 0 saturated heterocycles. The molecule has 3 rings (SSSR count). The third-order valence-electron chi connectivity index (χ3n) is 4.37. The summed E-state index contributed by atoms with van der Waals surface area (Å²) in [4.78, 5) is 0. The molecule has 0 radical (unpaired) electrons. The molecule has 6 heteroatoms. The lowest BCUT2D eigenvalue weighted by Gasteiger charge is -2.19. The molecule has 2 aromatic carbocycles. The van der Waals surface area contributed by atoms with Gasteiger partial charge in [-0.25, -0.2) is 8.78 Å². The fraction of sp³-hybridized carbons (Fsp3) is 0.368. The zero-order valence-corrected chi connectivity index (χ0v) is 16.7. The van der Waals surface area contributed by atoms with Gasteiger partial charge in [-0.05, 0) is 35.4 Å². The molecule has 2 nitrogen and oxygen atoms in total. The maximum Gasteiger partial charge on any atom is 0.263 e. The van der Waals surface area contributed by atoms with Gasteiger partial charge in [0.2, 0.25) is 0 Å². The Labute approximate surface area is 162 Å². The molecule has 0 N–H and O–H groups in total. The first kappa shape index (κ1) is 18.6. The van der Waals surface area contributed by atoms with Crippen molar-refractivity contribution in [2.75, 3.05) is 23.9 Å². The largest absolute Gasteiger partial charge is 0.493 e. The quantitative estimate of drug-likeness (QED) is 0.465. The molecule has 0 amide bonds. The number of ether oxygens (including phenoxy) is 2. The molecule has 0 bridgehead atoms. The second-order valence-corrected chi connectivity index (χ2v) is 7.50. The molecule has 1 fully saturated rings. The molecule has 0 atom stereocenters. The number of hydrogen-bond acceptors (Lipinski definition) is 2. The average molecular weight is 476 g/mol. The molecule has 1 saturated carbocycles. The lowest BCUT2D eigenvalue weighted by molar-refractivity contribution is 0.0966. The molecule has 0 heterocycles. The fourth-order valence-corrected chi connectivity index (χ4v) is 3.39. The van der Waals surface area contributed by atoms with Gasteiger partial charge in [0.1, 0.15) is 11.5 Å². The summed E-state index contributed by atoms with van der Waals surface area (Å²) in [5.74, 6) is -1.38. The molecule has 0 unspecified atom stereocenters. The second kappa shape index (κ2) is 7.62. The minimum Gasteiger partial charge on any atom is -0.493 e. The van der Waals surface area contributed by atoms with Crippen molar-refractivity contribution in [2.45, 2.75) is 17.8 Å². The van der Waals surface area contributed by atoms with Crippen LogP contribution in [0.4, 0.5) is 8.78 Å². The van der Waals surface area contributed by atoms with Gasteiger partial charge in [0.25, 0.3) is 5.92 Å². The highest BCUT2D eigenvalue weighted by Gasteiger charge is 2.72. The fourth-order valence-electron chi connectivity index (χ4n) is 3.07. The van der Waals surface area contributed by atoms with E-state index in [1.54, 1.807) is 48.5 Å². The van der Waals surface area contributed by atoms with Gasteiger partial charge >= 0.3 is 0 Å². The number of hydrogen-bond donors (Lipinski definition) is 0. The number of halogens is 4. The summed E-state index contributed by atoms with van der Waals surface area (Å²) >= 11 is 6.59. The normalized spacial score (nSPS) is 17.1. The molecule has 1 aliphatic carbocycles. The summed E-state index contributed by atoms with van der Waals surface area (Å²) in [7, 11) is 0. The lowest BCUT2D eigenvalue weighted by Crippen LogP contribution is -2.18. The van der Waals surface area contributed by atoms with E-state index in [1.807, 2.05) is 0 Å². The Morgan fingerprint density at radius 3 is 1.40 bits per heavy atom. The lowest BCUT2D eigenvalue weighted by atomic mass is 9.87. The van der Waals surface area contributed by atoms with Crippen molar-refractivity contribution < 1.29 is 18.3 Å². The number of alkyl halides is 4. The van der Waals surface area contributed by atoms with Crippen LogP contribution in [-0.4, -0.2) is 29.8 Å². The highest BCUT2D eigenvalue weighted by Crippen LogP contribution is 2.65. The Balaban J connectivity index is 1.85. The Bertz CT molecular complexity index is 651. The minimum atomic E-state index is -2.75. The summed E-state index contributed by atoms with van der Waals surface area (Å²) in [5, 5.41) is 1.44. The summed E-state index contributed by atoms with van der Waals surface area (Å²) in [5.41, 5.74) is -0.0369. The van der Waals surface area contributed by atoms with Crippen LogP contribution < -0.4 is 9.47 Å². The van der Waals surface area contributed by atoms with E-state index in [0.29, 0.717) is 35.8 Å². The van der Waals surface area contributed by atoms with Gasteiger partial charge in [-0.15, -0.1) is 0 Å². The number of benzene rings is 2. The van der Waals surface area contributed by atoms with Gasteiger partial charge in [-0.3, -0.25) is 0 Å². The standard InChI is InChI=1S/C19H18Br2F2O2/c20-9-11-24-16-5-1-14(2-6-16)18(13-19(18,22)23)15-3-7-17(8-4-15)25-12-10-21/h1-8H,9-13H2. The van der Waals surface area contributed by atoms with Crippen molar-refractivity contribution in [3.05, 3.63) is 59.7 Å². The monoisotopic (exact) mass is 474 g/mol. The molecular weight excluding hydrogens is 458 g/mol. The zero-order valence-electron chi connectivity index (χ0n) is 13.5. The Kier molecular flexibility index (Phi) is 5.68. The SMILES string of the molecule is FC1(F)CC1(c1ccc(OCCBr)cc1)c1ccc(OCCBr)cc1. The van der Waals surface area contributed by atoms with Gasteiger partial charge in [-0.2, -0.15) is 0 Å². The van der Waals surface area contributed by atoms with Gasteiger partial charge in [-0.1, -0.05) is 56.1 Å². The summed E-state index contributed by atoms with van der Waals surface area (Å²) < 4.78 is 39.7. The van der Waals surface area contributed by atoms with Crippen LogP contribution in [0.15, 0.2) is 48.5 Å². The zero-order chi connectivity index (χ0) is 17.9. The molecule has 1 aliphatic rings. The first-order chi connectivity index (χ1) is 12.0. The Morgan fingerprint density at radius 2 is 1.12 bits per heavy atom. The predicted octanol–water partition coefficient (Wildman–Crippen LogP) is 5.56. The number of rotatable bonds is 8. The summed E-state index contributed by atoms with van der Waals surface area (Å²) in [6.45, 7) is 1.08. The topological polar surface area (TPSA) is 18.5 Å². The molecule has 0 spiro atoms. The van der Waals surface area contributed by atoms with Crippen LogP contribution in [0.1, 0.15) is 17.5 Å². The first-order valence-electron chi connectivity index (χ1n) is 8.00. The highest BCUT2D eigenvalue weighted by molar-refractivity contribution is 9.09. The van der Waals surface area contributed by atoms with Crippen molar-refractivity contribution in [1.29, 1.82) is 0 Å². The van der Waals surface area contributed by atoms with Crippen molar-refractivity contribution in [3.8, 4) is 11.5 Å². The average Bonchev–Trinajstić information content (AvgIpc) is 3.22. The van der Waals surface area contributed by atoms with Crippen LogP contribution in [0.5, 0.6) is 11.5 Å². The van der Waals surface area contributed by atoms with Crippen LogP contribution in [-0.2, 0) is 5.41 Å². The van der Waals surface area contributed by atoms with Crippen molar-refractivity contribution in [1.82, 2.24) is 0 Å². The minimum absolute atomic E-state index is 0.177. The maximum atomic E-state index is 14.4. The van der Waals surface area contributed by atoms with E-state index in [1.165, 1.54) is 0 Å². The van der Waals surface area contributed by atoms with Crippen molar-refractivity contribution in [2.24, 2.45) is 0 Å². The van der Waals surface area contributed by atoms with Gasteiger partial charge in [0.05, 0.1) is 18.6 Å². The van der Waals surface area contributed by atoms with Gasteiger partial charge < -0.3 is 9.47 Å². The van der Waals surface area contributed by atoms with Crippen LogP contribution in [0.2, 0.25) is 0 Å². The van der Waals surface area contributed by atoms with E-state index in [0.717, 1.165) is 10.7 Å². The third-order valence-corrected chi connectivity index (χ3v) is 5.02. The molecule has 0 aliphatic heterocycles. The molecular formula is C19H18Br2F2O2. The highest BCUT2D eigenvalue weighted by atomic mass is 79.9. The van der Waals surface area contributed by atoms with Crippen LogP contribution >= 0.6 is 31.9 Å². The van der Waals surface area contributed by atoms with E-state index in [4.69, 9.17) is 9.47 Å². The van der Waals surface area contributed by atoms with E-state index >= 15 is 0 Å². The van der Waals surface area contributed by atoms with E-state index in [9.17, 15) is 8.78 Å². The second-order valence-electron chi connectivity index (χ2n) is 5.91. The van der Waals surface area contributed by atoms with E-state index in [2.05, 4.69) is 31.9 Å². The molecule has 2 aromatic rings. The van der Waals surface area contributed by atoms with Crippen LogP contribution in [0, 0.1) is 0 Å². The van der Waals surface area contributed by atoms with E-state index in [-0.39, 0.29) is 6.42 Å². The summed E-state index contributed by atoms with van der Waals surface area (Å²) in [6, 6.07) is 13.9. The van der Waals surface area contributed by atoms with E-state index < -0.39 is 11.3 Å². The molecule has 25 heavy (non-hydrogen) atoms. The van der Waals surface area contributed by atoms with Gasteiger partial charge in [0.15, 0.2) is 0 Å². The van der Waals surface area contributed by atoms with Crippen molar-refractivity contribution >= 4 is 31.9 Å². The van der Waals surface area contributed by atoms with Gasteiger partial charge in [0, 0.05) is 17.1 Å². The summed E-state index contributed by atoms with van der Waals surface area (Å²) in [6.07, 6.45) is -0.177. The predicted molar refractivity (Wildman–Crippen MR) is 102 cm³/mol. The smallest absolute Gasteiger partial charge is 0.263 e. The Morgan fingerprint density at radius 1 is 0.760 bits per heavy atom. The first-order valence-corrected chi connectivity index (χ1v) is 10.2. The maximum absolute atomic E-state index is 14.4. The Hall–Kier alpha value is -1.14. The molecule has 134 valence electrons. The third kappa shape index (κ3) is 3.70. The van der Waals surface area contributed by atoms with Crippen LogP contribution in [0.3, 0.4) is 0 Å². The van der Waals surface area contributed by atoms with Crippen LogP contribution in [0.25, 0.3) is 0 Å².